The fourth-order valence-electron chi connectivity index (χ4n) is 3.18. The van der Waals surface area contributed by atoms with Crippen LogP contribution in [0.15, 0.2) is 64.4 Å². The summed E-state index contributed by atoms with van der Waals surface area (Å²) in [5, 5.41) is 7.17. The van der Waals surface area contributed by atoms with Gasteiger partial charge in [-0.25, -0.2) is 13.2 Å². The molecule has 2 aromatic rings. The van der Waals surface area contributed by atoms with Gasteiger partial charge in [0.15, 0.2) is 10.4 Å². The Hall–Kier alpha value is -1.55. The van der Waals surface area contributed by atoms with Crippen LogP contribution in [0, 0.1) is 11.2 Å². The molecule has 2 saturated carbocycles. The van der Waals surface area contributed by atoms with Gasteiger partial charge in [-0.2, -0.15) is 0 Å². The maximum absolute atomic E-state index is 14.2. The van der Waals surface area contributed by atoms with Gasteiger partial charge in [-0.05, 0) is 36.4 Å². The highest BCUT2D eigenvalue weighted by Crippen LogP contribution is 2.71. The largest absolute Gasteiger partial charge is 0.480 e. The maximum Gasteiger partial charge on any atom is 0.328 e. The highest BCUT2D eigenvalue weighted by Gasteiger charge is 2.88. The molecule has 4 atom stereocenters. The molecule has 2 aliphatic carbocycles. The Morgan fingerprint density at radius 1 is 0.968 bits per heavy atom. The molecular weight excluding hydrogens is 496 g/mol. The van der Waals surface area contributed by atoms with Crippen molar-refractivity contribution in [1.29, 1.82) is 0 Å². The number of esters is 1. The van der Waals surface area contributed by atoms with E-state index >= 15 is 0 Å². The van der Waals surface area contributed by atoms with Crippen molar-refractivity contribution in [1.82, 2.24) is 0 Å². The molecule has 0 aromatic heterocycles. The van der Waals surface area contributed by atoms with Crippen LogP contribution in [0.1, 0.15) is 0 Å². The predicted octanol–water partition coefficient (Wildman–Crippen LogP) is 5.27. The van der Waals surface area contributed by atoms with Crippen molar-refractivity contribution in [2.45, 2.75) is 36.7 Å². The predicted molar refractivity (Wildman–Crippen MR) is 111 cm³/mol. The molecule has 11 heteroatoms. The van der Waals surface area contributed by atoms with E-state index in [2.05, 4.69) is 0 Å². The van der Waals surface area contributed by atoms with Crippen molar-refractivity contribution in [2.24, 2.45) is 5.41 Å². The summed E-state index contributed by atoms with van der Waals surface area (Å²) >= 11 is 14.0. The van der Waals surface area contributed by atoms with E-state index in [0.717, 1.165) is 23.9 Å². The van der Waals surface area contributed by atoms with Crippen LogP contribution in [0.4, 0.5) is 13.2 Å². The van der Waals surface area contributed by atoms with E-state index in [0.29, 0.717) is 21.6 Å². The molecule has 2 fully saturated rings. The zero-order valence-electron chi connectivity index (χ0n) is 15.3. The number of ether oxygens (including phenoxy) is 1. The van der Waals surface area contributed by atoms with Gasteiger partial charge in [0.25, 0.3) is 0 Å². The minimum absolute atomic E-state index is 0.352. The van der Waals surface area contributed by atoms with Crippen molar-refractivity contribution in [3.63, 3.8) is 0 Å². The molecule has 0 saturated heterocycles. The Balaban J connectivity index is 1.50. The molecule has 4 rings (SSSR count). The number of carbonyl (C=O) groups excluding carboxylic acids is 1. The highest BCUT2D eigenvalue weighted by molar-refractivity contribution is 8.00. The van der Waals surface area contributed by atoms with E-state index in [1.54, 1.807) is 30.3 Å². The molecule has 0 spiro atoms. The Morgan fingerprint density at radius 3 is 2.13 bits per heavy atom. The number of thioether (sulfide) groups is 2. The fourth-order valence-corrected chi connectivity index (χ4v) is 6.90. The number of carboxylic acids is 1. The van der Waals surface area contributed by atoms with Crippen LogP contribution in [-0.4, -0.2) is 43.9 Å². The molecule has 0 bridgehead atoms. The van der Waals surface area contributed by atoms with Gasteiger partial charge in [0.05, 0.1) is 5.25 Å². The molecule has 31 heavy (non-hydrogen) atoms. The van der Waals surface area contributed by atoms with Gasteiger partial charge in [0.2, 0.25) is 5.41 Å². The number of aliphatic carboxylic acids is 1. The monoisotopic (exact) mass is 508 g/mol. The molecule has 164 valence electrons. The van der Waals surface area contributed by atoms with Crippen molar-refractivity contribution >= 4 is 58.7 Å². The summed E-state index contributed by atoms with van der Waals surface area (Å²) in [6, 6.07) is 13.4. The van der Waals surface area contributed by atoms with Crippen molar-refractivity contribution in [3.8, 4) is 0 Å². The Bertz CT molecular complexity index is 1020. The molecule has 4 unspecified atom stereocenters. The van der Waals surface area contributed by atoms with Gasteiger partial charge in [-0.3, -0.25) is 9.59 Å². The second kappa shape index (κ2) is 7.79. The van der Waals surface area contributed by atoms with E-state index in [1.807, 2.05) is 0 Å². The lowest BCUT2D eigenvalue weighted by Crippen LogP contribution is -2.35. The number of alkyl halides is 4. The first kappa shape index (κ1) is 22.6. The number of hydrogen-bond donors (Lipinski definition) is 1. The number of carboxylic acid groups (broad SMARTS) is 1. The fraction of sp³-hybridized carbons (Fsp3) is 0.300. The minimum Gasteiger partial charge on any atom is -0.480 e. The van der Waals surface area contributed by atoms with Crippen LogP contribution in [-0.2, 0) is 14.3 Å². The smallest absolute Gasteiger partial charge is 0.328 e. The Kier molecular flexibility index (Phi) is 5.69. The van der Waals surface area contributed by atoms with Crippen molar-refractivity contribution < 1.29 is 32.6 Å². The van der Waals surface area contributed by atoms with Gasteiger partial charge in [-0.1, -0.05) is 41.4 Å². The average Bonchev–Trinajstić information content (AvgIpc) is 3.43. The van der Waals surface area contributed by atoms with Gasteiger partial charge in [-0.15, -0.1) is 23.5 Å². The molecule has 2 aromatic carbocycles. The summed E-state index contributed by atoms with van der Waals surface area (Å²) in [5.41, 5.74) is -2.39. The number of halogens is 5. The maximum atomic E-state index is 14.2. The number of rotatable bonds is 7. The number of hydrogen-bond acceptors (Lipinski definition) is 5. The first-order valence-electron chi connectivity index (χ1n) is 8.87. The zero-order valence-corrected chi connectivity index (χ0v) is 18.5. The summed E-state index contributed by atoms with van der Waals surface area (Å²) in [6.45, 7) is 0. The van der Waals surface area contributed by atoms with Crippen LogP contribution < -0.4 is 0 Å². The number of benzene rings is 2. The van der Waals surface area contributed by atoms with E-state index in [1.165, 1.54) is 12.1 Å². The Morgan fingerprint density at radius 2 is 1.55 bits per heavy atom. The summed E-state index contributed by atoms with van der Waals surface area (Å²) < 4.78 is 44.4. The third kappa shape index (κ3) is 3.69. The van der Waals surface area contributed by atoms with E-state index in [-0.39, 0.29) is 0 Å². The summed E-state index contributed by atoms with van der Waals surface area (Å²) in [4.78, 5) is 25.7. The third-order valence-electron chi connectivity index (χ3n) is 5.06. The normalized spacial score (nSPS) is 29.8. The first-order valence-corrected chi connectivity index (χ1v) is 11.4. The molecule has 1 N–H and O–H groups in total. The zero-order chi connectivity index (χ0) is 22.6. The van der Waals surface area contributed by atoms with E-state index < -0.39 is 50.0 Å². The number of carbonyl (C=O) groups is 2. The molecule has 4 nitrogen and oxygen atoms in total. The second-order valence-electron chi connectivity index (χ2n) is 7.04. The SMILES string of the molecule is O=C(O)C1(C(=O)OC2C(Sc3ccc(F)cc3)C2(F)F)C(Sc2ccccc2)C1(Cl)Cl. The van der Waals surface area contributed by atoms with Gasteiger partial charge < -0.3 is 9.84 Å². The quantitative estimate of drug-likeness (QED) is 0.312. The van der Waals surface area contributed by atoms with E-state index in [4.69, 9.17) is 27.9 Å². The van der Waals surface area contributed by atoms with Crippen LogP contribution in [0.5, 0.6) is 0 Å². The first-order chi connectivity index (χ1) is 14.5. The van der Waals surface area contributed by atoms with Crippen molar-refractivity contribution in [2.75, 3.05) is 0 Å². The summed E-state index contributed by atoms with van der Waals surface area (Å²) in [6.07, 6.45) is -1.85. The lowest BCUT2D eigenvalue weighted by Gasteiger charge is -2.12. The molecule has 0 aliphatic heterocycles. The van der Waals surface area contributed by atoms with Crippen LogP contribution in [0.3, 0.4) is 0 Å². The van der Waals surface area contributed by atoms with E-state index in [9.17, 15) is 27.9 Å². The topological polar surface area (TPSA) is 63.6 Å². The lowest BCUT2D eigenvalue weighted by molar-refractivity contribution is -0.164. The second-order valence-corrected chi connectivity index (χ2v) is 10.8. The highest BCUT2D eigenvalue weighted by atomic mass is 35.5. The van der Waals surface area contributed by atoms with Gasteiger partial charge >= 0.3 is 17.9 Å². The molecule has 0 heterocycles. The van der Waals surface area contributed by atoms with Crippen LogP contribution >= 0.6 is 46.7 Å². The average molecular weight is 509 g/mol. The summed E-state index contributed by atoms with van der Waals surface area (Å²) in [7, 11) is 0. The van der Waals surface area contributed by atoms with Crippen LogP contribution in [0.25, 0.3) is 0 Å². The molecular formula is C20H13Cl2F3O4S2. The molecule has 0 amide bonds. The van der Waals surface area contributed by atoms with Crippen LogP contribution in [0.2, 0.25) is 0 Å². The standard InChI is InChI=1S/C20H13Cl2F3O4S2/c21-20(22)15(31-11-4-2-1-3-5-11)18(20,16(26)27)17(28)29-13-14(19(13,24)25)30-12-8-6-10(23)7-9-12/h1-9,13-15H,(H,26,27). The lowest BCUT2D eigenvalue weighted by atomic mass is 10.1. The summed E-state index contributed by atoms with van der Waals surface area (Å²) in [5.74, 6) is -6.96. The van der Waals surface area contributed by atoms with Gasteiger partial charge in [0, 0.05) is 9.79 Å². The minimum atomic E-state index is -3.38. The molecule has 2 aliphatic rings. The Labute approximate surface area is 193 Å². The third-order valence-corrected chi connectivity index (χ3v) is 9.19. The molecule has 0 radical (unpaired) electrons. The van der Waals surface area contributed by atoms with Crippen molar-refractivity contribution in [3.05, 3.63) is 60.4 Å². The van der Waals surface area contributed by atoms with Gasteiger partial charge in [0.1, 0.15) is 11.1 Å².